The lowest BCUT2D eigenvalue weighted by Crippen LogP contribution is -2.16. The van der Waals surface area contributed by atoms with E-state index >= 15 is 0 Å². The molecule has 0 aliphatic rings. The average molecular weight is 287 g/mol. The van der Waals surface area contributed by atoms with Crippen molar-refractivity contribution in [1.82, 2.24) is 0 Å². The van der Waals surface area contributed by atoms with E-state index < -0.39 is 0 Å². The van der Waals surface area contributed by atoms with E-state index in [4.69, 9.17) is 19.9 Å². The van der Waals surface area contributed by atoms with Crippen LogP contribution in [0, 0.1) is 0 Å². The van der Waals surface area contributed by atoms with Crippen LogP contribution < -0.4 is 15.2 Å². The topological polar surface area (TPSA) is 53.7 Å². The zero-order valence-corrected chi connectivity index (χ0v) is 12.4. The molecule has 0 spiro atoms. The monoisotopic (exact) mass is 287 g/mol. The van der Waals surface area contributed by atoms with E-state index in [0.29, 0.717) is 24.7 Å². The van der Waals surface area contributed by atoms with Crippen LogP contribution in [0.25, 0.3) is 0 Å². The second-order valence-corrected chi connectivity index (χ2v) is 4.72. The van der Waals surface area contributed by atoms with Gasteiger partial charge in [-0.15, -0.1) is 0 Å². The van der Waals surface area contributed by atoms with Gasteiger partial charge in [-0.05, 0) is 23.3 Å². The Morgan fingerprint density at radius 1 is 0.952 bits per heavy atom. The van der Waals surface area contributed by atoms with E-state index in [1.807, 2.05) is 48.5 Å². The highest BCUT2D eigenvalue weighted by atomic mass is 16.5. The third-order valence-corrected chi connectivity index (χ3v) is 3.24. The van der Waals surface area contributed by atoms with Gasteiger partial charge in [-0.25, -0.2) is 0 Å². The summed E-state index contributed by atoms with van der Waals surface area (Å²) in [6.45, 7) is 0.958. The van der Waals surface area contributed by atoms with Crippen LogP contribution in [0.5, 0.6) is 11.5 Å². The zero-order valence-electron chi connectivity index (χ0n) is 12.4. The number of ether oxygens (including phenoxy) is 3. The molecule has 0 fully saturated rings. The van der Waals surface area contributed by atoms with Crippen LogP contribution in [0.1, 0.15) is 17.2 Å². The van der Waals surface area contributed by atoms with Crippen molar-refractivity contribution < 1.29 is 14.2 Å². The van der Waals surface area contributed by atoms with Gasteiger partial charge in [0, 0.05) is 0 Å². The van der Waals surface area contributed by atoms with E-state index in [0.717, 1.165) is 11.1 Å². The summed E-state index contributed by atoms with van der Waals surface area (Å²) >= 11 is 0. The van der Waals surface area contributed by atoms with Crippen molar-refractivity contribution in [2.24, 2.45) is 5.73 Å². The molecule has 0 aliphatic heterocycles. The fourth-order valence-corrected chi connectivity index (χ4v) is 2.07. The lowest BCUT2D eigenvalue weighted by molar-refractivity contribution is 0.108. The highest BCUT2D eigenvalue weighted by Gasteiger charge is 2.07. The van der Waals surface area contributed by atoms with E-state index in [2.05, 4.69) is 0 Å². The molecule has 2 aromatic rings. The lowest BCUT2D eigenvalue weighted by Gasteiger charge is -2.13. The van der Waals surface area contributed by atoms with E-state index in [9.17, 15) is 0 Å². The minimum absolute atomic E-state index is 0.119. The number of nitrogens with two attached hydrogens (primary N) is 1. The predicted molar refractivity (Wildman–Crippen MR) is 82.6 cm³/mol. The van der Waals surface area contributed by atoms with Gasteiger partial charge in [-0.2, -0.15) is 0 Å². The fourth-order valence-electron chi connectivity index (χ4n) is 2.07. The molecule has 2 rings (SSSR count). The molecule has 0 unspecified atom stereocenters. The van der Waals surface area contributed by atoms with Gasteiger partial charge >= 0.3 is 0 Å². The SMILES string of the molecule is COc1ccc(COC[C@H](N)c2ccccc2)cc1OC. The summed E-state index contributed by atoms with van der Waals surface area (Å²) in [6, 6.07) is 15.5. The summed E-state index contributed by atoms with van der Waals surface area (Å²) < 4.78 is 16.2. The van der Waals surface area contributed by atoms with E-state index in [-0.39, 0.29) is 6.04 Å². The molecule has 0 aliphatic carbocycles. The molecule has 0 aromatic heterocycles. The van der Waals surface area contributed by atoms with Crippen molar-refractivity contribution in [3.8, 4) is 11.5 Å². The summed E-state index contributed by atoms with van der Waals surface area (Å²) in [4.78, 5) is 0. The molecule has 1 atom stereocenters. The van der Waals surface area contributed by atoms with Gasteiger partial charge < -0.3 is 19.9 Å². The summed E-state index contributed by atoms with van der Waals surface area (Å²) in [7, 11) is 3.24. The maximum Gasteiger partial charge on any atom is 0.161 e. The molecule has 0 saturated heterocycles. The van der Waals surface area contributed by atoms with E-state index in [1.54, 1.807) is 14.2 Å². The van der Waals surface area contributed by atoms with Gasteiger partial charge in [-0.1, -0.05) is 36.4 Å². The Bertz CT molecular complexity index is 557. The van der Waals surface area contributed by atoms with Crippen molar-refractivity contribution in [3.05, 3.63) is 59.7 Å². The first-order valence-electron chi connectivity index (χ1n) is 6.83. The van der Waals surface area contributed by atoms with Crippen LogP contribution in [0.3, 0.4) is 0 Å². The molecule has 2 N–H and O–H groups in total. The molecular weight excluding hydrogens is 266 g/mol. The first kappa shape index (κ1) is 15.4. The molecule has 21 heavy (non-hydrogen) atoms. The molecule has 0 saturated carbocycles. The van der Waals surface area contributed by atoms with Crippen molar-refractivity contribution in [1.29, 1.82) is 0 Å². The Morgan fingerprint density at radius 2 is 1.67 bits per heavy atom. The van der Waals surface area contributed by atoms with Crippen molar-refractivity contribution in [2.75, 3.05) is 20.8 Å². The van der Waals surface area contributed by atoms with Crippen molar-refractivity contribution in [2.45, 2.75) is 12.6 Å². The molecular formula is C17H21NO3. The first-order valence-corrected chi connectivity index (χ1v) is 6.83. The maximum absolute atomic E-state index is 6.09. The third-order valence-electron chi connectivity index (χ3n) is 3.24. The van der Waals surface area contributed by atoms with Crippen LogP contribution in [-0.4, -0.2) is 20.8 Å². The number of rotatable bonds is 7. The van der Waals surface area contributed by atoms with Gasteiger partial charge in [0.1, 0.15) is 0 Å². The Labute approximate surface area is 125 Å². The van der Waals surface area contributed by atoms with Crippen LogP contribution in [-0.2, 0) is 11.3 Å². The molecule has 2 aromatic carbocycles. The number of hydrogen-bond acceptors (Lipinski definition) is 4. The van der Waals surface area contributed by atoms with E-state index in [1.165, 1.54) is 0 Å². The molecule has 112 valence electrons. The van der Waals surface area contributed by atoms with Gasteiger partial charge in [0.15, 0.2) is 11.5 Å². The lowest BCUT2D eigenvalue weighted by atomic mass is 10.1. The second kappa shape index (κ2) is 7.67. The highest BCUT2D eigenvalue weighted by molar-refractivity contribution is 5.42. The number of benzene rings is 2. The second-order valence-electron chi connectivity index (χ2n) is 4.72. The maximum atomic E-state index is 6.09. The standard InChI is InChI=1S/C17H21NO3/c1-19-16-9-8-13(10-17(16)20-2)11-21-12-15(18)14-6-4-3-5-7-14/h3-10,15H,11-12,18H2,1-2H3/t15-/m0/s1. The summed E-state index contributed by atoms with van der Waals surface area (Å²) in [5.41, 5.74) is 8.19. The summed E-state index contributed by atoms with van der Waals surface area (Å²) in [6.07, 6.45) is 0. The zero-order chi connectivity index (χ0) is 15.1. The highest BCUT2D eigenvalue weighted by Crippen LogP contribution is 2.27. The summed E-state index contributed by atoms with van der Waals surface area (Å²) in [5.74, 6) is 1.41. The smallest absolute Gasteiger partial charge is 0.161 e. The van der Waals surface area contributed by atoms with Gasteiger partial charge in [-0.3, -0.25) is 0 Å². The fraction of sp³-hybridized carbons (Fsp3) is 0.294. The predicted octanol–water partition coefficient (Wildman–Crippen LogP) is 2.92. The minimum atomic E-state index is -0.119. The Hall–Kier alpha value is -2.04. The molecule has 0 bridgehead atoms. The number of methoxy groups -OCH3 is 2. The first-order chi connectivity index (χ1) is 10.2. The molecule has 0 amide bonds. The van der Waals surface area contributed by atoms with Gasteiger partial charge in [0.25, 0.3) is 0 Å². The normalized spacial score (nSPS) is 12.0. The van der Waals surface area contributed by atoms with Crippen LogP contribution in [0.15, 0.2) is 48.5 Å². The van der Waals surface area contributed by atoms with Crippen LogP contribution in [0.2, 0.25) is 0 Å². The molecule has 0 radical (unpaired) electrons. The third kappa shape index (κ3) is 4.21. The Morgan fingerprint density at radius 3 is 2.33 bits per heavy atom. The Balaban J connectivity index is 1.89. The summed E-state index contributed by atoms with van der Waals surface area (Å²) in [5, 5.41) is 0. The molecule has 0 heterocycles. The minimum Gasteiger partial charge on any atom is -0.493 e. The largest absolute Gasteiger partial charge is 0.493 e. The van der Waals surface area contributed by atoms with Gasteiger partial charge in [0.05, 0.1) is 33.5 Å². The van der Waals surface area contributed by atoms with Crippen LogP contribution in [0.4, 0.5) is 0 Å². The average Bonchev–Trinajstić information content (AvgIpc) is 2.55. The number of hydrogen-bond donors (Lipinski definition) is 1. The molecule has 4 heteroatoms. The Kier molecular flexibility index (Phi) is 5.60. The van der Waals surface area contributed by atoms with Gasteiger partial charge in [0.2, 0.25) is 0 Å². The van der Waals surface area contributed by atoms with Crippen molar-refractivity contribution >= 4 is 0 Å². The molecule has 4 nitrogen and oxygen atoms in total. The van der Waals surface area contributed by atoms with Crippen molar-refractivity contribution in [3.63, 3.8) is 0 Å². The van der Waals surface area contributed by atoms with Crippen LogP contribution >= 0.6 is 0 Å². The quantitative estimate of drug-likeness (QED) is 0.850.